The van der Waals surface area contributed by atoms with Gasteiger partial charge in [0.1, 0.15) is 0 Å². The second-order valence-electron chi connectivity index (χ2n) is 7.92. The maximum absolute atomic E-state index is 13.0. The van der Waals surface area contributed by atoms with Crippen molar-refractivity contribution >= 4 is 16.9 Å². The number of hydrogen-bond donors (Lipinski definition) is 1. The molecule has 0 aliphatic heterocycles. The van der Waals surface area contributed by atoms with Gasteiger partial charge in [-0.1, -0.05) is 44.4 Å². The van der Waals surface area contributed by atoms with Gasteiger partial charge in [-0.2, -0.15) is 0 Å². The van der Waals surface area contributed by atoms with Crippen LogP contribution in [-0.2, 0) is 0 Å². The number of aromatic amines is 1. The zero-order valence-corrected chi connectivity index (χ0v) is 17.7. The van der Waals surface area contributed by atoms with Gasteiger partial charge in [-0.05, 0) is 37.8 Å². The van der Waals surface area contributed by atoms with Crippen LogP contribution in [0.3, 0.4) is 0 Å². The van der Waals surface area contributed by atoms with Crippen molar-refractivity contribution < 1.29 is 9.53 Å². The van der Waals surface area contributed by atoms with E-state index in [1.165, 1.54) is 19.3 Å². The molecule has 158 valence electrons. The number of pyridine rings is 1. The number of benzene rings is 1. The van der Waals surface area contributed by atoms with Gasteiger partial charge < -0.3 is 19.5 Å². The van der Waals surface area contributed by atoms with Gasteiger partial charge in [0.15, 0.2) is 5.75 Å². The van der Waals surface area contributed by atoms with Crippen molar-refractivity contribution in [3.8, 4) is 5.75 Å². The predicted molar refractivity (Wildman–Crippen MR) is 117 cm³/mol. The fourth-order valence-corrected chi connectivity index (χ4v) is 4.09. The highest BCUT2D eigenvalue weighted by atomic mass is 16.5. The normalized spacial score (nSPS) is 14.7. The van der Waals surface area contributed by atoms with Crippen LogP contribution in [0.15, 0.2) is 35.1 Å². The number of H-pyrrole nitrogens is 1. The first-order chi connectivity index (χ1) is 14.1. The Bertz CT molecular complexity index is 858. The predicted octanol–water partition coefficient (Wildman–Crippen LogP) is 4.39. The molecular weight excluding hydrogens is 366 g/mol. The van der Waals surface area contributed by atoms with Crippen LogP contribution in [0.4, 0.5) is 4.79 Å². The van der Waals surface area contributed by atoms with E-state index in [4.69, 9.17) is 4.74 Å². The van der Waals surface area contributed by atoms with Crippen LogP contribution in [0.2, 0.25) is 0 Å². The summed E-state index contributed by atoms with van der Waals surface area (Å²) in [5.74, 6) is 0.330. The molecule has 1 aliphatic carbocycles. The molecule has 1 N–H and O–H groups in total. The third-order valence-electron chi connectivity index (χ3n) is 5.74. The number of hydrogen-bond acceptors (Lipinski definition) is 3. The third kappa shape index (κ3) is 5.52. The van der Waals surface area contributed by atoms with Crippen LogP contribution in [0.5, 0.6) is 5.75 Å². The molecule has 0 unspecified atom stereocenters. The van der Waals surface area contributed by atoms with Crippen LogP contribution >= 0.6 is 0 Å². The molecule has 2 aromatic rings. The zero-order valence-electron chi connectivity index (χ0n) is 17.7. The van der Waals surface area contributed by atoms with Gasteiger partial charge in [0.05, 0.1) is 6.61 Å². The molecule has 0 bridgehead atoms. The van der Waals surface area contributed by atoms with Gasteiger partial charge in [0.2, 0.25) is 0 Å². The average molecular weight is 400 g/mol. The summed E-state index contributed by atoms with van der Waals surface area (Å²) < 4.78 is 5.73. The Labute approximate surface area is 172 Å². The van der Waals surface area contributed by atoms with E-state index < -0.39 is 0 Å². The standard InChI is InChI=1S/C23H33N3O3/c1-3-14-26(23(28)25(2)19-11-5-4-6-12-19)15-9-16-29-21-17-18-10-7-8-13-20(18)24-22(21)27/h7-8,10,13,17,19H,3-6,9,11-12,14-16H2,1-2H3,(H,24,27). The molecule has 1 heterocycles. The molecule has 0 radical (unpaired) electrons. The lowest BCUT2D eigenvalue weighted by molar-refractivity contribution is 0.131. The minimum absolute atomic E-state index is 0.113. The fourth-order valence-electron chi connectivity index (χ4n) is 4.09. The summed E-state index contributed by atoms with van der Waals surface area (Å²) in [5, 5.41) is 0.944. The van der Waals surface area contributed by atoms with Crippen molar-refractivity contribution in [1.82, 2.24) is 14.8 Å². The Hall–Kier alpha value is -2.50. The molecule has 1 aromatic heterocycles. The van der Waals surface area contributed by atoms with E-state index in [9.17, 15) is 9.59 Å². The molecule has 0 saturated heterocycles. The summed E-state index contributed by atoms with van der Waals surface area (Å²) in [6.07, 6.45) is 7.54. The average Bonchev–Trinajstić information content (AvgIpc) is 2.75. The van der Waals surface area contributed by atoms with Crippen molar-refractivity contribution in [2.75, 3.05) is 26.7 Å². The van der Waals surface area contributed by atoms with Gasteiger partial charge in [0, 0.05) is 37.1 Å². The Kier molecular flexibility index (Phi) is 7.55. The lowest BCUT2D eigenvalue weighted by Gasteiger charge is -2.35. The smallest absolute Gasteiger partial charge is 0.319 e. The number of aromatic nitrogens is 1. The minimum Gasteiger partial charge on any atom is -0.488 e. The molecule has 3 rings (SSSR count). The van der Waals surface area contributed by atoms with E-state index in [1.54, 1.807) is 6.07 Å². The van der Waals surface area contributed by atoms with Crippen molar-refractivity contribution in [1.29, 1.82) is 0 Å². The summed E-state index contributed by atoms with van der Waals surface area (Å²) in [7, 11) is 1.94. The molecule has 1 fully saturated rings. The Morgan fingerprint density at radius 1 is 1.17 bits per heavy atom. The highest BCUT2D eigenvalue weighted by molar-refractivity contribution is 5.79. The molecular formula is C23H33N3O3. The second kappa shape index (κ2) is 10.3. The number of nitrogens with zero attached hydrogens (tertiary/aromatic N) is 2. The quantitative estimate of drug-likeness (QED) is 0.670. The molecule has 1 saturated carbocycles. The summed E-state index contributed by atoms with van der Waals surface area (Å²) in [6.45, 7) is 3.87. The Morgan fingerprint density at radius 3 is 2.69 bits per heavy atom. The number of carbonyl (C=O) groups excluding carboxylic acids is 1. The number of para-hydroxylation sites is 1. The van der Waals surface area contributed by atoms with Crippen LogP contribution in [0.25, 0.3) is 10.9 Å². The van der Waals surface area contributed by atoms with Crippen LogP contribution in [0.1, 0.15) is 51.9 Å². The van der Waals surface area contributed by atoms with Gasteiger partial charge in [-0.3, -0.25) is 4.79 Å². The van der Waals surface area contributed by atoms with Gasteiger partial charge in [-0.25, -0.2) is 4.79 Å². The van der Waals surface area contributed by atoms with Crippen molar-refractivity contribution in [2.45, 2.75) is 57.9 Å². The Morgan fingerprint density at radius 2 is 1.93 bits per heavy atom. The molecule has 29 heavy (non-hydrogen) atoms. The highest BCUT2D eigenvalue weighted by Crippen LogP contribution is 2.22. The number of nitrogens with one attached hydrogen (secondary N) is 1. The van der Waals surface area contributed by atoms with Gasteiger partial charge in [-0.15, -0.1) is 0 Å². The number of fused-ring (bicyclic) bond motifs is 1. The van der Waals surface area contributed by atoms with Crippen molar-refractivity contribution in [2.24, 2.45) is 0 Å². The van der Waals surface area contributed by atoms with Crippen LogP contribution < -0.4 is 10.3 Å². The van der Waals surface area contributed by atoms with E-state index in [1.807, 2.05) is 41.1 Å². The van der Waals surface area contributed by atoms with E-state index in [0.717, 1.165) is 36.7 Å². The summed E-state index contributed by atoms with van der Waals surface area (Å²) in [4.78, 5) is 31.8. The van der Waals surface area contributed by atoms with Crippen molar-refractivity contribution in [3.63, 3.8) is 0 Å². The van der Waals surface area contributed by atoms with Crippen LogP contribution in [0, 0.1) is 0 Å². The van der Waals surface area contributed by atoms with E-state index in [0.29, 0.717) is 31.4 Å². The first kappa shape index (κ1) is 21.2. The molecule has 6 heteroatoms. The lowest BCUT2D eigenvalue weighted by atomic mass is 9.95. The number of amides is 2. The van der Waals surface area contributed by atoms with Crippen LogP contribution in [-0.4, -0.2) is 53.6 Å². The maximum Gasteiger partial charge on any atom is 0.319 e. The molecule has 0 spiro atoms. The number of rotatable bonds is 8. The fraction of sp³-hybridized carbons (Fsp3) is 0.565. The first-order valence-corrected chi connectivity index (χ1v) is 10.9. The summed E-state index contributed by atoms with van der Waals surface area (Å²) in [5.41, 5.74) is 0.581. The number of carbonyl (C=O) groups is 1. The molecule has 2 amide bonds. The van der Waals surface area contributed by atoms with E-state index in [2.05, 4.69) is 11.9 Å². The first-order valence-electron chi connectivity index (χ1n) is 10.9. The van der Waals surface area contributed by atoms with E-state index >= 15 is 0 Å². The van der Waals surface area contributed by atoms with Gasteiger partial charge >= 0.3 is 6.03 Å². The number of ether oxygens (including phenoxy) is 1. The Balaban J connectivity index is 1.53. The highest BCUT2D eigenvalue weighted by Gasteiger charge is 2.25. The molecule has 1 aromatic carbocycles. The molecule has 6 nitrogen and oxygen atoms in total. The lowest BCUT2D eigenvalue weighted by Crippen LogP contribution is -2.47. The topological polar surface area (TPSA) is 65.6 Å². The summed E-state index contributed by atoms with van der Waals surface area (Å²) >= 11 is 0. The zero-order chi connectivity index (χ0) is 20.6. The van der Waals surface area contributed by atoms with Crippen molar-refractivity contribution in [3.05, 3.63) is 40.7 Å². The largest absolute Gasteiger partial charge is 0.488 e. The minimum atomic E-state index is -0.220. The molecule has 1 aliphatic rings. The maximum atomic E-state index is 13.0. The van der Waals surface area contributed by atoms with E-state index in [-0.39, 0.29) is 11.6 Å². The third-order valence-corrected chi connectivity index (χ3v) is 5.74. The van der Waals surface area contributed by atoms with Gasteiger partial charge in [0.25, 0.3) is 5.56 Å². The number of urea groups is 1. The summed E-state index contributed by atoms with van der Waals surface area (Å²) in [6, 6.07) is 9.90. The SMILES string of the molecule is CCCN(CCCOc1cc2ccccc2[nH]c1=O)C(=O)N(C)C1CCCCC1. The second-order valence-corrected chi connectivity index (χ2v) is 7.92. The monoisotopic (exact) mass is 399 g/mol. The molecule has 0 atom stereocenters.